The summed E-state index contributed by atoms with van der Waals surface area (Å²) in [4.78, 5) is 18.9. The summed E-state index contributed by atoms with van der Waals surface area (Å²) in [5.41, 5.74) is 3.71. The summed E-state index contributed by atoms with van der Waals surface area (Å²) in [5.74, 6) is 0.697. The average molecular weight is 556 g/mol. The van der Waals surface area contributed by atoms with Crippen LogP contribution in [-0.2, 0) is 9.53 Å². The molecule has 182 valence electrons. The van der Waals surface area contributed by atoms with Gasteiger partial charge in [0.15, 0.2) is 11.0 Å². The third kappa shape index (κ3) is 5.50. The Morgan fingerprint density at radius 2 is 1.94 bits per heavy atom. The van der Waals surface area contributed by atoms with Gasteiger partial charge in [0, 0.05) is 47.4 Å². The molecule has 2 aliphatic rings. The topological polar surface area (TPSA) is 92.8 Å². The van der Waals surface area contributed by atoms with Crippen LogP contribution in [-0.4, -0.2) is 75.1 Å². The molecule has 0 unspecified atom stereocenters. The smallest absolute Gasteiger partial charge is 0.303 e. The molecule has 1 saturated heterocycles. The fourth-order valence-corrected chi connectivity index (χ4v) is 5.68. The molecule has 0 aliphatic carbocycles. The van der Waals surface area contributed by atoms with Crippen LogP contribution in [0.3, 0.4) is 0 Å². The fraction of sp³-hybridized carbons (Fsp3) is 0.360. The van der Waals surface area contributed by atoms with Crippen molar-refractivity contribution in [3.8, 4) is 5.69 Å². The van der Waals surface area contributed by atoms with Gasteiger partial charge in [0.05, 0.1) is 24.6 Å². The van der Waals surface area contributed by atoms with E-state index in [1.807, 2.05) is 36.4 Å². The number of morpholine rings is 1. The number of thioether (sulfide) groups is 1. The van der Waals surface area contributed by atoms with Crippen molar-refractivity contribution in [2.45, 2.75) is 24.0 Å². The zero-order valence-electron chi connectivity index (χ0n) is 19.1. The van der Waals surface area contributed by atoms with Crippen molar-refractivity contribution >= 4 is 39.4 Å². The lowest BCUT2D eigenvalue weighted by molar-refractivity contribution is -0.137. The van der Waals surface area contributed by atoms with Crippen molar-refractivity contribution in [1.29, 1.82) is 0 Å². The van der Waals surface area contributed by atoms with Crippen LogP contribution >= 0.6 is 27.7 Å². The van der Waals surface area contributed by atoms with Gasteiger partial charge < -0.3 is 9.84 Å². The van der Waals surface area contributed by atoms with Gasteiger partial charge in [0.1, 0.15) is 6.04 Å². The Bertz CT molecular complexity index is 1230. The first-order valence-corrected chi connectivity index (χ1v) is 13.4. The zero-order valence-corrected chi connectivity index (χ0v) is 21.5. The van der Waals surface area contributed by atoms with Crippen LogP contribution in [0.2, 0.25) is 0 Å². The minimum atomic E-state index is -0.850. The molecule has 1 N–H and O–H groups in total. The Labute approximate surface area is 216 Å². The number of hydrogen-bond acceptors (Lipinski definition) is 7. The van der Waals surface area contributed by atoms with Gasteiger partial charge in [-0.25, -0.2) is 0 Å². The second-order valence-corrected chi connectivity index (χ2v) is 10.4. The third-order valence-corrected chi connectivity index (χ3v) is 7.52. The van der Waals surface area contributed by atoms with Gasteiger partial charge in [-0.15, -0.1) is 10.2 Å². The van der Waals surface area contributed by atoms with E-state index in [1.54, 1.807) is 11.8 Å². The standard InChI is InChI=1S/C25H26BrN5O3S/c26-18-6-8-21-19(16-18)23(17-4-2-1-3-5-17)27-20(7-9-22(32)33)24-28-29-25(31(21)24)35-15-12-30-10-13-34-14-11-30/h1-6,8,16,20H,7,9-15H2,(H,32,33)/t20-/m0/s1. The molecule has 3 heterocycles. The molecule has 0 radical (unpaired) electrons. The molecule has 2 aliphatic heterocycles. The molecule has 0 bridgehead atoms. The summed E-state index contributed by atoms with van der Waals surface area (Å²) in [6.45, 7) is 4.38. The Kier molecular flexibility index (Phi) is 7.62. The highest BCUT2D eigenvalue weighted by atomic mass is 79.9. The largest absolute Gasteiger partial charge is 0.481 e. The van der Waals surface area contributed by atoms with E-state index in [9.17, 15) is 9.90 Å². The fourth-order valence-electron chi connectivity index (χ4n) is 4.36. The number of hydrogen-bond donors (Lipinski definition) is 1. The molecule has 2 aromatic carbocycles. The molecule has 0 amide bonds. The first-order valence-electron chi connectivity index (χ1n) is 11.6. The van der Waals surface area contributed by atoms with E-state index in [1.165, 1.54) is 0 Å². The molecule has 35 heavy (non-hydrogen) atoms. The van der Waals surface area contributed by atoms with Crippen LogP contribution in [0.4, 0.5) is 0 Å². The number of carboxylic acids is 1. The van der Waals surface area contributed by atoms with Crippen LogP contribution in [0.1, 0.15) is 35.8 Å². The molecule has 1 fully saturated rings. The highest BCUT2D eigenvalue weighted by molar-refractivity contribution is 9.10. The number of fused-ring (bicyclic) bond motifs is 3. The predicted octanol–water partition coefficient (Wildman–Crippen LogP) is 4.21. The first kappa shape index (κ1) is 24.2. The molecule has 3 aromatic rings. The second kappa shape index (κ2) is 11.0. The van der Waals surface area contributed by atoms with E-state index < -0.39 is 12.0 Å². The quantitative estimate of drug-likeness (QED) is 0.416. The molecular weight excluding hydrogens is 530 g/mol. The zero-order chi connectivity index (χ0) is 24.2. The van der Waals surface area contributed by atoms with Crippen LogP contribution in [0.15, 0.2) is 63.2 Å². The number of benzene rings is 2. The van der Waals surface area contributed by atoms with Crippen molar-refractivity contribution in [3.63, 3.8) is 0 Å². The Hall–Kier alpha value is -2.53. The summed E-state index contributed by atoms with van der Waals surface area (Å²) >= 11 is 5.29. The van der Waals surface area contributed by atoms with Crippen LogP contribution < -0.4 is 0 Å². The van der Waals surface area contributed by atoms with Gasteiger partial charge in [-0.05, 0) is 24.6 Å². The molecular formula is C25H26BrN5O3S. The maximum atomic E-state index is 11.4. The number of ether oxygens (including phenoxy) is 1. The number of nitrogens with zero attached hydrogens (tertiary/aromatic N) is 5. The van der Waals surface area contributed by atoms with Crippen molar-refractivity contribution in [2.75, 3.05) is 38.6 Å². The van der Waals surface area contributed by atoms with Gasteiger partial charge in [0.2, 0.25) is 0 Å². The number of aliphatic imine (C=N–C) groups is 1. The van der Waals surface area contributed by atoms with Crippen molar-refractivity contribution < 1.29 is 14.6 Å². The predicted molar refractivity (Wildman–Crippen MR) is 139 cm³/mol. The lowest BCUT2D eigenvalue weighted by Crippen LogP contribution is -2.37. The van der Waals surface area contributed by atoms with Gasteiger partial charge >= 0.3 is 5.97 Å². The van der Waals surface area contributed by atoms with Gasteiger partial charge in [-0.3, -0.25) is 19.3 Å². The van der Waals surface area contributed by atoms with Crippen LogP contribution in [0.25, 0.3) is 5.69 Å². The molecule has 0 spiro atoms. The molecule has 1 aromatic heterocycles. The van der Waals surface area contributed by atoms with Crippen LogP contribution in [0.5, 0.6) is 0 Å². The van der Waals surface area contributed by atoms with Gasteiger partial charge in [-0.1, -0.05) is 58.0 Å². The summed E-state index contributed by atoms with van der Waals surface area (Å²) in [6, 6.07) is 15.7. The lowest BCUT2D eigenvalue weighted by atomic mass is 10.0. The molecule has 0 saturated carbocycles. The highest BCUT2D eigenvalue weighted by Crippen LogP contribution is 2.36. The van der Waals surface area contributed by atoms with Gasteiger partial charge in [0.25, 0.3) is 0 Å². The van der Waals surface area contributed by atoms with E-state index in [0.717, 1.165) is 70.8 Å². The summed E-state index contributed by atoms with van der Waals surface area (Å²) in [5, 5.41) is 19.2. The van der Waals surface area contributed by atoms with E-state index in [2.05, 4.69) is 47.7 Å². The number of rotatable bonds is 8. The first-order chi connectivity index (χ1) is 17.1. The summed E-state index contributed by atoms with van der Waals surface area (Å²) in [7, 11) is 0. The molecule has 8 nitrogen and oxygen atoms in total. The number of carbonyl (C=O) groups is 1. The summed E-state index contributed by atoms with van der Waals surface area (Å²) < 4.78 is 8.47. The second-order valence-electron chi connectivity index (χ2n) is 8.43. The maximum absolute atomic E-state index is 11.4. The van der Waals surface area contributed by atoms with Crippen LogP contribution in [0, 0.1) is 0 Å². The van der Waals surface area contributed by atoms with Gasteiger partial charge in [-0.2, -0.15) is 0 Å². The molecule has 1 atom stereocenters. The van der Waals surface area contributed by atoms with Crippen molar-refractivity contribution in [1.82, 2.24) is 19.7 Å². The van der Waals surface area contributed by atoms with E-state index >= 15 is 0 Å². The number of halogens is 1. The average Bonchev–Trinajstić information content (AvgIpc) is 3.23. The number of carboxylic acid groups (broad SMARTS) is 1. The van der Waals surface area contributed by atoms with E-state index in [4.69, 9.17) is 9.73 Å². The van der Waals surface area contributed by atoms with E-state index in [-0.39, 0.29) is 6.42 Å². The molecule has 5 rings (SSSR count). The molecule has 10 heteroatoms. The SMILES string of the molecule is O=C(O)CC[C@@H]1N=C(c2ccccc2)c2cc(Br)ccc2-n2c(SCCN3CCOCC3)nnc21. The Balaban J connectivity index is 1.54. The normalized spacial score (nSPS) is 17.9. The van der Waals surface area contributed by atoms with Crippen molar-refractivity contribution in [2.24, 2.45) is 4.99 Å². The summed E-state index contributed by atoms with van der Waals surface area (Å²) in [6.07, 6.45) is 0.347. The Morgan fingerprint density at radius 3 is 2.71 bits per heavy atom. The number of aliphatic carboxylic acids is 1. The highest BCUT2D eigenvalue weighted by Gasteiger charge is 2.29. The monoisotopic (exact) mass is 555 g/mol. The Morgan fingerprint density at radius 1 is 1.14 bits per heavy atom. The number of aromatic nitrogens is 3. The maximum Gasteiger partial charge on any atom is 0.303 e. The van der Waals surface area contributed by atoms with Crippen molar-refractivity contribution in [3.05, 3.63) is 70.0 Å². The lowest BCUT2D eigenvalue weighted by Gasteiger charge is -2.26. The third-order valence-electron chi connectivity index (χ3n) is 6.12. The minimum absolute atomic E-state index is 0.00262. The minimum Gasteiger partial charge on any atom is -0.481 e. The van der Waals surface area contributed by atoms with E-state index in [0.29, 0.717) is 12.2 Å².